The number of nitrogens with zero attached hydrogens (tertiary/aromatic N) is 2. The van der Waals surface area contributed by atoms with Crippen LogP contribution in [0.2, 0.25) is 0 Å². The van der Waals surface area contributed by atoms with Crippen molar-refractivity contribution in [3.63, 3.8) is 0 Å². The molecule has 30 heavy (non-hydrogen) atoms. The molecule has 2 heterocycles. The summed E-state index contributed by atoms with van der Waals surface area (Å²) in [7, 11) is 1.66. The molecule has 1 aliphatic heterocycles. The molecule has 0 saturated carbocycles. The van der Waals surface area contributed by atoms with Crippen molar-refractivity contribution >= 4 is 21.6 Å². The zero-order chi connectivity index (χ0) is 20.5. The molecule has 0 amide bonds. The Morgan fingerprint density at radius 2 is 2.03 bits per heavy atom. The lowest BCUT2D eigenvalue weighted by molar-refractivity contribution is 0.216. The maximum absolute atomic E-state index is 13.6. The molecule has 0 N–H and O–H groups in total. The molecule has 3 aromatic carbocycles. The molecule has 0 saturated heterocycles. The summed E-state index contributed by atoms with van der Waals surface area (Å²) < 4.78 is 26.5. The minimum Gasteiger partial charge on any atom is -0.493 e. The standard InChI is InChI=1S/C24H21FN2O2S/c1-28-21-13-17(24-26-20-7-2-3-8-22(20)30-24)12-18-15-27(9-10-29-23(18)21)14-16-5-4-6-19(25)11-16/h2-8,11-13H,9-10,14-15H2,1H3. The summed E-state index contributed by atoms with van der Waals surface area (Å²) in [6.07, 6.45) is 0. The topological polar surface area (TPSA) is 34.6 Å². The molecular weight excluding hydrogens is 399 g/mol. The summed E-state index contributed by atoms with van der Waals surface area (Å²) in [6.45, 7) is 2.67. The quantitative estimate of drug-likeness (QED) is 0.436. The van der Waals surface area contributed by atoms with Gasteiger partial charge < -0.3 is 9.47 Å². The Bertz CT molecular complexity index is 1170. The number of ether oxygens (including phenoxy) is 2. The van der Waals surface area contributed by atoms with E-state index in [1.807, 2.05) is 30.3 Å². The predicted molar refractivity (Wildman–Crippen MR) is 118 cm³/mol. The van der Waals surface area contributed by atoms with Gasteiger partial charge in [0.05, 0.1) is 17.3 Å². The van der Waals surface area contributed by atoms with E-state index < -0.39 is 0 Å². The van der Waals surface area contributed by atoms with Crippen molar-refractivity contribution < 1.29 is 13.9 Å². The number of hydrogen-bond acceptors (Lipinski definition) is 5. The fourth-order valence-corrected chi connectivity index (χ4v) is 4.79. The Balaban J connectivity index is 1.50. The van der Waals surface area contributed by atoms with Crippen LogP contribution in [0.4, 0.5) is 4.39 Å². The second-order valence-electron chi connectivity index (χ2n) is 7.34. The molecule has 0 atom stereocenters. The molecule has 4 aromatic rings. The van der Waals surface area contributed by atoms with Crippen molar-refractivity contribution in [3.05, 3.63) is 77.6 Å². The molecule has 0 radical (unpaired) electrons. The number of hydrogen-bond donors (Lipinski definition) is 0. The minimum atomic E-state index is -0.209. The van der Waals surface area contributed by atoms with E-state index in [1.165, 1.54) is 6.07 Å². The minimum absolute atomic E-state index is 0.209. The molecule has 1 aliphatic rings. The normalized spacial score (nSPS) is 14.2. The van der Waals surface area contributed by atoms with E-state index in [4.69, 9.17) is 14.5 Å². The van der Waals surface area contributed by atoms with Crippen LogP contribution in [0.25, 0.3) is 20.8 Å². The zero-order valence-electron chi connectivity index (χ0n) is 16.6. The fraction of sp³-hybridized carbons (Fsp3) is 0.208. The first-order valence-corrected chi connectivity index (χ1v) is 10.7. The van der Waals surface area contributed by atoms with Gasteiger partial charge in [0.2, 0.25) is 0 Å². The molecule has 0 spiro atoms. The molecule has 1 aromatic heterocycles. The smallest absolute Gasteiger partial charge is 0.165 e. The van der Waals surface area contributed by atoms with E-state index in [0.29, 0.717) is 19.7 Å². The summed E-state index contributed by atoms with van der Waals surface area (Å²) in [5, 5.41) is 0.957. The molecule has 152 valence electrons. The molecule has 4 nitrogen and oxygen atoms in total. The van der Waals surface area contributed by atoms with Gasteiger partial charge in [0.15, 0.2) is 11.5 Å². The molecular formula is C24H21FN2O2S. The summed E-state index contributed by atoms with van der Waals surface area (Å²) in [6, 6.07) is 19.0. The number of methoxy groups -OCH3 is 1. The Morgan fingerprint density at radius 1 is 1.13 bits per heavy atom. The van der Waals surface area contributed by atoms with E-state index in [9.17, 15) is 4.39 Å². The van der Waals surface area contributed by atoms with Crippen LogP contribution in [0.1, 0.15) is 11.1 Å². The van der Waals surface area contributed by atoms with Crippen LogP contribution in [0.5, 0.6) is 11.5 Å². The number of halogens is 1. The van der Waals surface area contributed by atoms with Crippen LogP contribution in [0, 0.1) is 5.82 Å². The number of thiazole rings is 1. The maximum atomic E-state index is 13.6. The van der Waals surface area contributed by atoms with E-state index >= 15 is 0 Å². The molecule has 0 aliphatic carbocycles. The van der Waals surface area contributed by atoms with Gasteiger partial charge in [0.1, 0.15) is 17.4 Å². The molecule has 6 heteroatoms. The lowest BCUT2D eigenvalue weighted by Gasteiger charge is -2.19. The monoisotopic (exact) mass is 420 g/mol. The van der Waals surface area contributed by atoms with Crippen LogP contribution in [-0.2, 0) is 13.1 Å². The third kappa shape index (κ3) is 3.76. The fourth-order valence-electron chi connectivity index (χ4n) is 3.84. The van der Waals surface area contributed by atoms with Crippen molar-refractivity contribution in [2.24, 2.45) is 0 Å². The molecule has 0 bridgehead atoms. The first-order chi connectivity index (χ1) is 14.7. The highest BCUT2D eigenvalue weighted by Crippen LogP contribution is 2.40. The maximum Gasteiger partial charge on any atom is 0.165 e. The number of aromatic nitrogens is 1. The Labute approximate surface area is 178 Å². The van der Waals surface area contributed by atoms with Crippen LogP contribution in [0.3, 0.4) is 0 Å². The van der Waals surface area contributed by atoms with Gasteiger partial charge in [-0.1, -0.05) is 24.3 Å². The Morgan fingerprint density at radius 3 is 2.87 bits per heavy atom. The van der Waals surface area contributed by atoms with Gasteiger partial charge >= 0.3 is 0 Å². The van der Waals surface area contributed by atoms with Gasteiger partial charge in [-0.3, -0.25) is 4.90 Å². The summed E-state index contributed by atoms with van der Waals surface area (Å²) in [4.78, 5) is 7.06. The third-order valence-electron chi connectivity index (χ3n) is 5.24. The van der Waals surface area contributed by atoms with E-state index in [-0.39, 0.29) is 5.82 Å². The first kappa shape index (κ1) is 19.0. The summed E-state index contributed by atoms with van der Waals surface area (Å²) in [5.74, 6) is 1.29. The molecule has 0 unspecified atom stereocenters. The van der Waals surface area contributed by atoms with Gasteiger partial charge in [0, 0.05) is 30.8 Å². The van der Waals surface area contributed by atoms with Crippen LogP contribution in [-0.4, -0.2) is 30.1 Å². The number of para-hydroxylation sites is 1. The van der Waals surface area contributed by atoms with Crippen molar-refractivity contribution in [2.75, 3.05) is 20.3 Å². The lowest BCUT2D eigenvalue weighted by atomic mass is 10.1. The van der Waals surface area contributed by atoms with Gasteiger partial charge in [-0.15, -0.1) is 11.3 Å². The Hall–Kier alpha value is -2.96. The number of fused-ring (bicyclic) bond motifs is 2. The van der Waals surface area contributed by atoms with Crippen molar-refractivity contribution in [2.45, 2.75) is 13.1 Å². The van der Waals surface area contributed by atoms with Gasteiger partial charge in [0.25, 0.3) is 0 Å². The van der Waals surface area contributed by atoms with Crippen LogP contribution in [0.15, 0.2) is 60.7 Å². The molecule has 0 fully saturated rings. The third-order valence-corrected chi connectivity index (χ3v) is 6.32. The van der Waals surface area contributed by atoms with Crippen LogP contribution >= 0.6 is 11.3 Å². The average molecular weight is 421 g/mol. The Kier molecular flexibility index (Phi) is 5.11. The van der Waals surface area contributed by atoms with Crippen molar-refractivity contribution in [3.8, 4) is 22.1 Å². The lowest BCUT2D eigenvalue weighted by Crippen LogP contribution is -2.25. The SMILES string of the molecule is COc1cc(-c2nc3ccccc3s2)cc2c1OCCN(Cc1cccc(F)c1)C2. The average Bonchev–Trinajstić information content (AvgIpc) is 3.08. The van der Waals surface area contributed by atoms with Crippen LogP contribution < -0.4 is 9.47 Å². The number of benzene rings is 3. The molecule has 5 rings (SSSR count). The summed E-state index contributed by atoms with van der Waals surface area (Å²) >= 11 is 1.67. The second kappa shape index (κ2) is 8.05. The van der Waals surface area contributed by atoms with E-state index in [2.05, 4.69) is 17.0 Å². The second-order valence-corrected chi connectivity index (χ2v) is 8.37. The highest BCUT2D eigenvalue weighted by Gasteiger charge is 2.21. The van der Waals surface area contributed by atoms with E-state index in [1.54, 1.807) is 30.6 Å². The highest BCUT2D eigenvalue weighted by atomic mass is 32.1. The van der Waals surface area contributed by atoms with Gasteiger partial charge in [-0.2, -0.15) is 0 Å². The highest BCUT2D eigenvalue weighted by molar-refractivity contribution is 7.21. The first-order valence-electron chi connectivity index (χ1n) is 9.86. The summed E-state index contributed by atoms with van der Waals surface area (Å²) in [5.41, 5.74) is 4.02. The predicted octanol–water partition coefficient (Wildman–Crippen LogP) is 5.51. The largest absolute Gasteiger partial charge is 0.493 e. The number of rotatable bonds is 4. The van der Waals surface area contributed by atoms with Crippen molar-refractivity contribution in [1.82, 2.24) is 9.88 Å². The zero-order valence-corrected chi connectivity index (χ0v) is 17.4. The van der Waals surface area contributed by atoms with Crippen molar-refractivity contribution in [1.29, 1.82) is 0 Å². The van der Waals surface area contributed by atoms with Gasteiger partial charge in [-0.05, 0) is 42.0 Å². The van der Waals surface area contributed by atoms with E-state index in [0.717, 1.165) is 50.0 Å². The van der Waals surface area contributed by atoms with Gasteiger partial charge in [-0.25, -0.2) is 9.37 Å².